The zero-order valence-corrected chi connectivity index (χ0v) is 19.0. The fraction of sp³-hybridized carbons (Fsp3) is 0.522. The number of carbonyl (C=O) groups is 1. The normalized spacial score (nSPS) is 15.1. The van der Waals surface area contributed by atoms with E-state index in [0.717, 1.165) is 18.4 Å². The van der Waals surface area contributed by atoms with Crippen LogP contribution in [0.15, 0.2) is 18.2 Å². The standard InChI is InChI=1S/C23H32FN5O2/c1-14-20(25)21(28-15(2)27-14)26-13-18-7-6-17(12-19(18)24)16-8-10-29(11-9-16)22(30)31-23(3,4)5/h6-7,12,16H,8-11,13,25H2,1-5H3,(H,26,27,28). The number of rotatable bonds is 4. The van der Waals surface area contributed by atoms with Crippen molar-refractivity contribution >= 4 is 17.6 Å². The molecule has 2 heterocycles. The van der Waals surface area contributed by atoms with Crippen LogP contribution in [0, 0.1) is 19.7 Å². The average molecular weight is 430 g/mol. The summed E-state index contributed by atoms with van der Waals surface area (Å²) in [6.07, 6.45) is 1.28. The van der Waals surface area contributed by atoms with Crippen LogP contribution >= 0.6 is 0 Å². The third kappa shape index (κ3) is 5.83. The maximum atomic E-state index is 14.8. The lowest BCUT2D eigenvalue weighted by atomic mass is 9.89. The van der Waals surface area contributed by atoms with Crippen LogP contribution in [0.3, 0.4) is 0 Å². The van der Waals surface area contributed by atoms with E-state index < -0.39 is 5.60 Å². The number of nitrogens with two attached hydrogens (primary N) is 1. The molecule has 0 unspecified atom stereocenters. The first-order valence-corrected chi connectivity index (χ1v) is 10.6. The predicted octanol–water partition coefficient (Wildman–Crippen LogP) is 4.54. The molecule has 1 aromatic heterocycles. The van der Waals surface area contributed by atoms with Crippen LogP contribution in [0.5, 0.6) is 0 Å². The number of anilines is 2. The summed E-state index contributed by atoms with van der Waals surface area (Å²) in [5, 5.41) is 3.11. The van der Waals surface area contributed by atoms with Crippen molar-refractivity contribution in [1.82, 2.24) is 14.9 Å². The smallest absolute Gasteiger partial charge is 0.410 e. The molecule has 1 aliphatic rings. The largest absolute Gasteiger partial charge is 0.444 e. The molecular weight excluding hydrogens is 397 g/mol. The number of carbonyl (C=O) groups excluding carboxylic acids is 1. The van der Waals surface area contributed by atoms with E-state index in [-0.39, 0.29) is 24.4 Å². The van der Waals surface area contributed by atoms with Gasteiger partial charge in [0.25, 0.3) is 0 Å². The van der Waals surface area contributed by atoms with Gasteiger partial charge in [0.15, 0.2) is 5.82 Å². The first kappa shape index (κ1) is 22.8. The highest BCUT2D eigenvalue weighted by atomic mass is 19.1. The van der Waals surface area contributed by atoms with E-state index >= 15 is 0 Å². The molecule has 1 amide bonds. The zero-order chi connectivity index (χ0) is 22.8. The van der Waals surface area contributed by atoms with Gasteiger partial charge in [-0.25, -0.2) is 19.2 Å². The molecule has 0 saturated carbocycles. The van der Waals surface area contributed by atoms with Crippen LogP contribution in [0.4, 0.5) is 20.7 Å². The number of aromatic nitrogens is 2. The lowest BCUT2D eigenvalue weighted by Gasteiger charge is -2.33. The van der Waals surface area contributed by atoms with Crippen LogP contribution in [-0.2, 0) is 11.3 Å². The molecule has 8 heteroatoms. The van der Waals surface area contributed by atoms with Gasteiger partial charge in [-0.3, -0.25) is 0 Å². The van der Waals surface area contributed by atoms with Crippen molar-refractivity contribution in [2.45, 2.75) is 65.5 Å². The Morgan fingerprint density at radius 2 is 1.94 bits per heavy atom. The molecule has 0 atom stereocenters. The van der Waals surface area contributed by atoms with Gasteiger partial charge in [-0.1, -0.05) is 12.1 Å². The molecule has 31 heavy (non-hydrogen) atoms. The Balaban J connectivity index is 1.60. The molecule has 3 N–H and O–H groups in total. The van der Waals surface area contributed by atoms with Crippen molar-refractivity contribution in [3.8, 4) is 0 Å². The molecular formula is C23H32FN5O2. The number of halogens is 1. The number of amides is 1. The van der Waals surface area contributed by atoms with Gasteiger partial charge in [-0.15, -0.1) is 0 Å². The van der Waals surface area contributed by atoms with Gasteiger partial charge >= 0.3 is 6.09 Å². The molecule has 0 radical (unpaired) electrons. The molecule has 1 aliphatic heterocycles. The molecule has 168 valence electrons. The van der Waals surface area contributed by atoms with Crippen molar-refractivity contribution in [3.05, 3.63) is 46.7 Å². The summed E-state index contributed by atoms with van der Waals surface area (Å²) in [6.45, 7) is 10.7. The van der Waals surface area contributed by atoms with Crippen molar-refractivity contribution in [3.63, 3.8) is 0 Å². The summed E-state index contributed by atoms with van der Waals surface area (Å²) >= 11 is 0. The van der Waals surface area contributed by atoms with Crippen LogP contribution in [-0.4, -0.2) is 39.7 Å². The number of piperidine rings is 1. The Morgan fingerprint density at radius 1 is 1.26 bits per heavy atom. The van der Waals surface area contributed by atoms with E-state index in [2.05, 4.69) is 15.3 Å². The molecule has 0 bridgehead atoms. The van der Waals surface area contributed by atoms with Crippen molar-refractivity contribution in [1.29, 1.82) is 0 Å². The second-order valence-electron chi connectivity index (χ2n) is 9.06. The first-order chi connectivity index (χ1) is 14.5. The fourth-order valence-corrected chi connectivity index (χ4v) is 3.72. The Labute approximate surface area is 183 Å². The van der Waals surface area contributed by atoms with Gasteiger partial charge in [-0.2, -0.15) is 0 Å². The molecule has 7 nitrogen and oxygen atoms in total. The molecule has 2 aromatic rings. The van der Waals surface area contributed by atoms with Crippen LogP contribution in [0.25, 0.3) is 0 Å². The highest BCUT2D eigenvalue weighted by Gasteiger charge is 2.27. The lowest BCUT2D eigenvalue weighted by Crippen LogP contribution is -2.41. The summed E-state index contributed by atoms with van der Waals surface area (Å²) in [5.74, 6) is 1.09. The molecule has 1 aromatic carbocycles. The van der Waals surface area contributed by atoms with E-state index in [1.807, 2.05) is 33.8 Å². The number of benzene rings is 1. The zero-order valence-electron chi connectivity index (χ0n) is 19.0. The summed E-state index contributed by atoms with van der Waals surface area (Å²) in [4.78, 5) is 22.5. The number of nitrogens with zero attached hydrogens (tertiary/aromatic N) is 3. The monoisotopic (exact) mass is 429 g/mol. The molecule has 3 rings (SSSR count). The molecule has 0 spiro atoms. The minimum Gasteiger partial charge on any atom is -0.444 e. The topological polar surface area (TPSA) is 93.4 Å². The SMILES string of the molecule is Cc1nc(C)c(N)c(NCc2ccc(C3CCN(C(=O)OC(C)(C)C)CC3)cc2F)n1. The van der Waals surface area contributed by atoms with Gasteiger partial charge in [0, 0.05) is 25.2 Å². The second-order valence-corrected chi connectivity index (χ2v) is 9.06. The maximum absolute atomic E-state index is 14.8. The van der Waals surface area contributed by atoms with Crippen molar-refractivity contribution < 1.29 is 13.9 Å². The predicted molar refractivity (Wildman–Crippen MR) is 119 cm³/mol. The van der Waals surface area contributed by atoms with E-state index in [4.69, 9.17) is 10.5 Å². The van der Waals surface area contributed by atoms with Gasteiger partial charge in [0.2, 0.25) is 0 Å². The number of ether oxygens (including phenoxy) is 1. The summed E-state index contributed by atoms with van der Waals surface area (Å²) in [7, 11) is 0. The summed E-state index contributed by atoms with van der Waals surface area (Å²) in [6, 6.07) is 5.37. The minimum atomic E-state index is -0.505. The van der Waals surface area contributed by atoms with E-state index in [1.165, 1.54) is 0 Å². The quantitative estimate of drug-likeness (QED) is 0.741. The number of likely N-dealkylation sites (tertiary alicyclic amines) is 1. The van der Waals surface area contributed by atoms with Gasteiger partial charge in [-0.05, 0) is 65.0 Å². The third-order valence-corrected chi connectivity index (χ3v) is 5.39. The Kier molecular flexibility index (Phi) is 6.67. The van der Waals surface area contributed by atoms with E-state index in [1.54, 1.807) is 24.0 Å². The highest BCUT2D eigenvalue weighted by molar-refractivity contribution is 5.68. The molecule has 1 saturated heterocycles. The van der Waals surface area contributed by atoms with Gasteiger partial charge < -0.3 is 20.7 Å². The van der Waals surface area contributed by atoms with Gasteiger partial charge in [0.05, 0.1) is 11.4 Å². The lowest BCUT2D eigenvalue weighted by molar-refractivity contribution is 0.0204. The fourth-order valence-electron chi connectivity index (χ4n) is 3.72. The molecule has 0 aliphatic carbocycles. The Hall–Kier alpha value is -2.90. The Bertz CT molecular complexity index is 950. The second kappa shape index (κ2) is 9.08. The summed E-state index contributed by atoms with van der Waals surface area (Å²) in [5.41, 5.74) is 8.19. The average Bonchev–Trinajstić information content (AvgIpc) is 2.69. The number of nitrogens with one attached hydrogen (secondary N) is 1. The van der Waals surface area contributed by atoms with Gasteiger partial charge in [0.1, 0.15) is 17.2 Å². The minimum absolute atomic E-state index is 0.220. The number of nitrogen functional groups attached to an aromatic ring is 1. The summed E-state index contributed by atoms with van der Waals surface area (Å²) < 4.78 is 20.2. The van der Waals surface area contributed by atoms with E-state index in [9.17, 15) is 9.18 Å². The van der Waals surface area contributed by atoms with Crippen LogP contribution in [0.2, 0.25) is 0 Å². The van der Waals surface area contributed by atoms with Crippen LogP contribution in [0.1, 0.15) is 62.2 Å². The highest BCUT2D eigenvalue weighted by Crippen LogP contribution is 2.30. The van der Waals surface area contributed by atoms with Crippen LogP contribution < -0.4 is 11.1 Å². The Morgan fingerprint density at radius 3 is 2.55 bits per heavy atom. The first-order valence-electron chi connectivity index (χ1n) is 10.6. The number of hydrogen-bond acceptors (Lipinski definition) is 6. The number of hydrogen-bond donors (Lipinski definition) is 2. The molecule has 1 fully saturated rings. The third-order valence-electron chi connectivity index (χ3n) is 5.39. The van der Waals surface area contributed by atoms with E-state index in [0.29, 0.717) is 41.7 Å². The van der Waals surface area contributed by atoms with Crippen molar-refractivity contribution in [2.75, 3.05) is 24.1 Å². The maximum Gasteiger partial charge on any atom is 0.410 e. The van der Waals surface area contributed by atoms with Crippen molar-refractivity contribution in [2.24, 2.45) is 0 Å². The number of aryl methyl sites for hydroxylation is 2.